The first-order valence-electron chi connectivity index (χ1n) is 5.81. The summed E-state index contributed by atoms with van der Waals surface area (Å²) in [6, 6.07) is 1.66. The molecule has 0 radical (unpaired) electrons. The van der Waals surface area contributed by atoms with Gasteiger partial charge in [0, 0.05) is 38.6 Å². The van der Waals surface area contributed by atoms with Crippen LogP contribution in [0.25, 0.3) is 0 Å². The van der Waals surface area contributed by atoms with E-state index in [1.807, 2.05) is 26.0 Å². The third-order valence-corrected chi connectivity index (χ3v) is 4.49. The van der Waals surface area contributed by atoms with Crippen LogP contribution in [-0.4, -0.2) is 63.9 Å². The summed E-state index contributed by atoms with van der Waals surface area (Å²) in [5, 5.41) is 2.97. The lowest BCUT2D eigenvalue weighted by Crippen LogP contribution is -2.33. The van der Waals surface area contributed by atoms with E-state index in [2.05, 4.69) is 10.3 Å². The van der Waals surface area contributed by atoms with E-state index in [9.17, 15) is 8.42 Å². The predicted octanol–water partition coefficient (Wildman–Crippen LogP) is -0.0838. The Morgan fingerprint density at radius 3 is 2.50 bits per heavy atom. The molecule has 1 rings (SSSR count). The van der Waals surface area contributed by atoms with Gasteiger partial charge in [-0.2, -0.15) is 4.31 Å². The molecule has 0 saturated heterocycles. The highest BCUT2D eigenvalue weighted by Gasteiger charge is 2.21. The summed E-state index contributed by atoms with van der Waals surface area (Å²) < 4.78 is 25.8. The van der Waals surface area contributed by atoms with E-state index in [1.165, 1.54) is 10.5 Å². The van der Waals surface area contributed by atoms with Crippen molar-refractivity contribution in [2.45, 2.75) is 11.4 Å². The number of rotatable bonds is 7. The Kier molecular flexibility index (Phi) is 5.33. The molecule has 0 bridgehead atoms. The average Bonchev–Trinajstić information content (AvgIpc) is 2.75. The third kappa shape index (κ3) is 3.81. The van der Waals surface area contributed by atoms with Crippen LogP contribution in [-0.2, 0) is 16.6 Å². The second-order valence-corrected chi connectivity index (χ2v) is 6.57. The molecule has 0 saturated carbocycles. The number of H-pyrrole nitrogens is 1. The van der Waals surface area contributed by atoms with Crippen molar-refractivity contribution in [2.24, 2.45) is 0 Å². The Morgan fingerprint density at radius 1 is 1.28 bits per heavy atom. The van der Waals surface area contributed by atoms with Gasteiger partial charge in [-0.15, -0.1) is 0 Å². The van der Waals surface area contributed by atoms with E-state index in [4.69, 9.17) is 0 Å². The zero-order valence-electron chi connectivity index (χ0n) is 11.4. The SMILES string of the molecule is CNCc1cc(S(=O)(=O)N(C)CCN(C)C)c[nH]1. The van der Waals surface area contributed by atoms with Gasteiger partial charge in [-0.05, 0) is 27.2 Å². The first-order valence-corrected chi connectivity index (χ1v) is 7.25. The smallest absolute Gasteiger partial charge is 0.244 e. The summed E-state index contributed by atoms with van der Waals surface area (Å²) in [4.78, 5) is 5.22. The van der Waals surface area contributed by atoms with E-state index in [-0.39, 0.29) is 0 Å². The highest BCUT2D eigenvalue weighted by molar-refractivity contribution is 7.89. The summed E-state index contributed by atoms with van der Waals surface area (Å²) in [6.45, 7) is 1.79. The molecule has 0 fully saturated rings. The molecule has 1 aromatic heterocycles. The maximum Gasteiger partial charge on any atom is 0.244 e. The molecule has 0 atom stereocenters. The van der Waals surface area contributed by atoms with Crippen molar-refractivity contribution in [1.29, 1.82) is 0 Å². The Morgan fingerprint density at radius 2 is 1.94 bits per heavy atom. The fourth-order valence-corrected chi connectivity index (χ4v) is 2.68. The average molecular weight is 274 g/mol. The lowest BCUT2D eigenvalue weighted by Gasteiger charge is -2.18. The van der Waals surface area contributed by atoms with Crippen molar-refractivity contribution >= 4 is 10.0 Å². The summed E-state index contributed by atoms with van der Waals surface area (Å²) in [5.74, 6) is 0. The quantitative estimate of drug-likeness (QED) is 0.729. The molecule has 0 aliphatic rings. The topological polar surface area (TPSA) is 68.4 Å². The molecule has 0 amide bonds. The molecule has 0 aliphatic carbocycles. The van der Waals surface area contributed by atoms with Gasteiger partial charge in [-0.1, -0.05) is 0 Å². The molecule has 0 unspecified atom stereocenters. The monoisotopic (exact) mass is 274 g/mol. The van der Waals surface area contributed by atoms with E-state index in [0.29, 0.717) is 24.5 Å². The summed E-state index contributed by atoms with van der Waals surface area (Å²) >= 11 is 0. The van der Waals surface area contributed by atoms with Crippen LogP contribution in [0.3, 0.4) is 0 Å². The molecule has 6 nitrogen and oxygen atoms in total. The number of aromatic amines is 1. The molecular weight excluding hydrogens is 252 g/mol. The lowest BCUT2D eigenvalue weighted by molar-refractivity contribution is 0.358. The Hall–Kier alpha value is -0.890. The van der Waals surface area contributed by atoms with Gasteiger partial charge in [-0.25, -0.2) is 8.42 Å². The van der Waals surface area contributed by atoms with Crippen molar-refractivity contribution in [2.75, 3.05) is 41.3 Å². The molecule has 18 heavy (non-hydrogen) atoms. The van der Waals surface area contributed by atoms with Gasteiger partial charge in [0.1, 0.15) is 0 Å². The van der Waals surface area contributed by atoms with Crippen LogP contribution in [0.15, 0.2) is 17.2 Å². The standard InChI is InChI=1S/C11H22N4O2S/c1-12-8-10-7-11(9-13-10)18(16,17)15(4)6-5-14(2)3/h7,9,12-13H,5-6,8H2,1-4H3. The van der Waals surface area contributed by atoms with Crippen LogP contribution >= 0.6 is 0 Å². The first kappa shape index (κ1) is 15.2. The van der Waals surface area contributed by atoms with E-state index < -0.39 is 10.0 Å². The van der Waals surface area contributed by atoms with E-state index >= 15 is 0 Å². The number of sulfonamides is 1. The highest BCUT2D eigenvalue weighted by atomic mass is 32.2. The number of likely N-dealkylation sites (N-methyl/N-ethyl adjacent to an activating group) is 2. The summed E-state index contributed by atoms with van der Waals surface area (Å²) in [7, 11) is 3.87. The normalized spacial score (nSPS) is 12.6. The van der Waals surface area contributed by atoms with Crippen LogP contribution in [0, 0.1) is 0 Å². The lowest BCUT2D eigenvalue weighted by atomic mass is 10.4. The van der Waals surface area contributed by atoms with Gasteiger partial charge < -0.3 is 15.2 Å². The minimum absolute atomic E-state index is 0.314. The maximum absolute atomic E-state index is 12.2. The Bertz CT molecular complexity index is 467. The van der Waals surface area contributed by atoms with Gasteiger partial charge >= 0.3 is 0 Å². The van der Waals surface area contributed by atoms with Crippen LogP contribution in [0.4, 0.5) is 0 Å². The van der Waals surface area contributed by atoms with Crippen molar-refractivity contribution < 1.29 is 8.42 Å². The van der Waals surface area contributed by atoms with Gasteiger partial charge in [0.25, 0.3) is 0 Å². The van der Waals surface area contributed by atoms with Crippen molar-refractivity contribution in [3.05, 3.63) is 18.0 Å². The summed E-state index contributed by atoms with van der Waals surface area (Å²) in [5.41, 5.74) is 0.858. The molecule has 0 aromatic carbocycles. The van der Waals surface area contributed by atoms with Crippen molar-refractivity contribution in [3.8, 4) is 0 Å². The van der Waals surface area contributed by atoms with Crippen LogP contribution < -0.4 is 5.32 Å². The number of aromatic nitrogens is 1. The fraction of sp³-hybridized carbons (Fsp3) is 0.636. The second-order valence-electron chi connectivity index (χ2n) is 4.52. The molecule has 0 spiro atoms. The fourth-order valence-electron chi connectivity index (χ4n) is 1.50. The second kappa shape index (κ2) is 6.33. The van der Waals surface area contributed by atoms with E-state index in [1.54, 1.807) is 13.1 Å². The number of hydrogen-bond acceptors (Lipinski definition) is 4. The van der Waals surface area contributed by atoms with Gasteiger partial charge in [0.2, 0.25) is 10.0 Å². The van der Waals surface area contributed by atoms with Crippen LogP contribution in [0.2, 0.25) is 0 Å². The summed E-state index contributed by atoms with van der Waals surface area (Å²) in [6.07, 6.45) is 1.54. The first-order chi connectivity index (χ1) is 8.37. The minimum Gasteiger partial charge on any atom is -0.363 e. The van der Waals surface area contributed by atoms with Gasteiger partial charge in [-0.3, -0.25) is 0 Å². The van der Waals surface area contributed by atoms with Gasteiger partial charge in [0.05, 0.1) is 4.90 Å². The molecule has 0 aliphatic heterocycles. The predicted molar refractivity (Wildman–Crippen MR) is 71.9 cm³/mol. The van der Waals surface area contributed by atoms with Crippen molar-refractivity contribution in [1.82, 2.24) is 19.5 Å². The third-order valence-electron chi connectivity index (χ3n) is 2.65. The minimum atomic E-state index is -3.38. The Labute approximate surface area is 109 Å². The Balaban J connectivity index is 2.77. The molecule has 2 N–H and O–H groups in total. The van der Waals surface area contributed by atoms with Crippen molar-refractivity contribution in [3.63, 3.8) is 0 Å². The molecule has 7 heteroatoms. The highest BCUT2D eigenvalue weighted by Crippen LogP contribution is 2.15. The molecule has 1 aromatic rings. The molecular formula is C11H22N4O2S. The number of hydrogen-bond donors (Lipinski definition) is 2. The molecule has 1 heterocycles. The number of nitrogens with zero attached hydrogens (tertiary/aromatic N) is 2. The zero-order valence-corrected chi connectivity index (χ0v) is 12.2. The zero-order chi connectivity index (χ0) is 13.8. The maximum atomic E-state index is 12.2. The van der Waals surface area contributed by atoms with Crippen LogP contribution in [0.1, 0.15) is 5.69 Å². The van der Waals surface area contributed by atoms with E-state index in [0.717, 1.165) is 5.69 Å². The largest absolute Gasteiger partial charge is 0.363 e. The van der Waals surface area contributed by atoms with Gasteiger partial charge in [0.15, 0.2) is 0 Å². The molecule has 104 valence electrons. The number of nitrogens with one attached hydrogen (secondary N) is 2. The van der Waals surface area contributed by atoms with Crippen LogP contribution in [0.5, 0.6) is 0 Å².